The maximum Gasteiger partial charge on any atom is 0.0964 e. The van der Waals surface area contributed by atoms with Crippen molar-refractivity contribution in [2.75, 3.05) is 20.1 Å². The van der Waals surface area contributed by atoms with Crippen molar-refractivity contribution < 1.29 is 5.11 Å². The van der Waals surface area contributed by atoms with E-state index in [2.05, 4.69) is 4.90 Å². The molecule has 2 fully saturated rings. The molecule has 1 aliphatic heterocycles. The van der Waals surface area contributed by atoms with Gasteiger partial charge in [-0.2, -0.15) is 0 Å². The van der Waals surface area contributed by atoms with Crippen LogP contribution in [0.1, 0.15) is 25.7 Å². The van der Waals surface area contributed by atoms with Crippen LogP contribution in [0.2, 0.25) is 0 Å². The van der Waals surface area contributed by atoms with E-state index >= 15 is 0 Å². The number of nitrogens with zero attached hydrogens (tertiary/aromatic N) is 1. The zero-order chi connectivity index (χ0) is 8.82. The van der Waals surface area contributed by atoms with Gasteiger partial charge in [-0.3, -0.25) is 0 Å². The summed E-state index contributed by atoms with van der Waals surface area (Å²) in [7, 11) is 2.04. The second kappa shape index (κ2) is 2.44. The summed E-state index contributed by atoms with van der Waals surface area (Å²) < 4.78 is 0. The minimum absolute atomic E-state index is 0.266. The molecule has 1 heterocycles. The van der Waals surface area contributed by atoms with Gasteiger partial charge in [-0.15, -0.1) is 0 Å². The maximum atomic E-state index is 10.3. The van der Waals surface area contributed by atoms with Crippen molar-refractivity contribution >= 4 is 0 Å². The van der Waals surface area contributed by atoms with E-state index in [9.17, 15) is 5.11 Å². The predicted molar refractivity (Wildman–Crippen MR) is 47.8 cm³/mol. The molecule has 0 aromatic carbocycles. The molecule has 1 unspecified atom stereocenters. The Labute approximate surface area is 73.5 Å². The molecule has 1 saturated heterocycles. The van der Waals surface area contributed by atoms with Crippen molar-refractivity contribution in [1.82, 2.24) is 4.90 Å². The van der Waals surface area contributed by atoms with Gasteiger partial charge in [0.15, 0.2) is 0 Å². The lowest BCUT2D eigenvalue weighted by Crippen LogP contribution is -2.65. The smallest absolute Gasteiger partial charge is 0.0964 e. The first-order valence-electron chi connectivity index (χ1n) is 4.76. The molecule has 3 heteroatoms. The Morgan fingerprint density at radius 2 is 2.00 bits per heavy atom. The van der Waals surface area contributed by atoms with Crippen LogP contribution in [0, 0.1) is 0 Å². The highest BCUT2D eigenvalue weighted by atomic mass is 16.3. The van der Waals surface area contributed by atoms with E-state index in [1.54, 1.807) is 0 Å². The molecule has 1 atom stereocenters. The standard InChI is InChI=1S/C9H18N2O/c1-11-6-5-9(12,7-11)8(10)3-2-4-8/h12H,2-7,10H2,1H3. The topological polar surface area (TPSA) is 49.5 Å². The molecular formula is C9H18N2O. The lowest BCUT2D eigenvalue weighted by molar-refractivity contribution is -0.0601. The Hall–Kier alpha value is -0.120. The van der Waals surface area contributed by atoms with E-state index in [0.717, 1.165) is 32.4 Å². The zero-order valence-corrected chi connectivity index (χ0v) is 7.71. The second-order valence-electron chi connectivity index (χ2n) is 4.53. The number of likely N-dealkylation sites (N-methyl/N-ethyl adjacent to an activating group) is 1. The first kappa shape index (κ1) is 8.48. The predicted octanol–water partition coefficient (Wildman–Crippen LogP) is -0.0656. The van der Waals surface area contributed by atoms with Gasteiger partial charge in [0, 0.05) is 18.6 Å². The molecule has 0 aromatic heterocycles. The van der Waals surface area contributed by atoms with Gasteiger partial charge in [-0.25, -0.2) is 0 Å². The Balaban J connectivity index is 2.10. The molecule has 2 rings (SSSR count). The van der Waals surface area contributed by atoms with Gasteiger partial charge in [0.1, 0.15) is 0 Å². The van der Waals surface area contributed by atoms with Gasteiger partial charge in [0.2, 0.25) is 0 Å². The highest BCUT2D eigenvalue weighted by molar-refractivity contribution is 5.12. The van der Waals surface area contributed by atoms with E-state index in [4.69, 9.17) is 5.73 Å². The zero-order valence-electron chi connectivity index (χ0n) is 7.71. The number of likely N-dealkylation sites (tertiary alicyclic amines) is 1. The molecule has 3 N–H and O–H groups in total. The summed E-state index contributed by atoms with van der Waals surface area (Å²) >= 11 is 0. The van der Waals surface area contributed by atoms with Crippen LogP contribution in [0.15, 0.2) is 0 Å². The van der Waals surface area contributed by atoms with E-state index in [0.29, 0.717) is 0 Å². The third kappa shape index (κ3) is 1.00. The van der Waals surface area contributed by atoms with Crippen molar-refractivity contribution in [3.63, 3.8) is 0 Å². The minimum Gasteiger partial charge on any atom is -0.387 e. The molecule has 0 amide bonds. The largest absolute Gasteiger partial charge is 0.387 e. The normalized spacial score (nSPS) is 41.2. The molecule has 0 radical (unpaired) electrons. The molecule has 70 valence electrons. The summed E-state index contributed by atoms with van der Waals surface area (Å²) in [5.41, 5.74) is 5.26. The Morgan fingerprint density at radius 3 is 2.33 bits per heavy atom. The first-order valence-corrected chi connectivity index (χ1v) is 4.76. The van der Waals surface area contributed by atoms with Crippen molar-refractivity contribution in [3.8, 4) is 0 Å². The van der Waals surface area contributed by atoms with E-state index in [-0.39, 0.29) is 5.54 Å². The highest BCUT2D eigenvalue weighted by Gasteiger charge is 2.53. The summed E-state index contributed by atoms with van der Waals surface area (Å²) in [4.78, 5) is 2.16. The fourth-order valence-corrected chi connectivity index (χ4v) is 2.41. The average Bonchev–Trinajstić information content (AvgIpc) is 2.27. The minimum atomic E-state index is -0.597. The summed E-state index contributed by atoms with van der Waals surface area (Å²) in [6, 6.07) is 0. The highest BCUT2D eigenvalue weighted by Crippen LogP contribution is 2.42. The number of rotatable bonds is 1. The van der Waals surface area contributed by atoms with Crippen LogP contribution in [0.25, 0.3) is 0 Å². The summed E-state index contributed by atoms with van der Waals surface area (Å²) in [5, 5.41) is 10.3. The van der Waals surface area contributed by atoms with Crippen molar-refractivity contribution in [2.45, 2.75) is 36.8 Å². The molecular weight excluding hydrogens is 152 g/mol. The van der Waals surface area contributed by atoms with Gasteiger partial charge >= 0.3 is 0 Å². The van der Waals surface area contributed by atoms with Crippen molar-refractivity contribution in [3.05, 3.63) is 0 Å². The van der Waals surface area contributed by atoms with Gasteiger partial charge < -0.3 is 15.7 Å². The van der Waals surface area contributed by atoms with Crippen LogP contribution >= 0.6 is 0 Å². The van der Waals surface area contributed by atoms with Gasteiger partial charge in [0.05, 0.1) is 5.60 Å². The third-order valence-electron chi connectivity index (χ3n) is 3.61. The van der Waals surface area contributed by atoms with Gasteiger partial charge in [-0.1, -0.05) is 0 Å². The Kier molecular flexibility index (Phi) is 1.72. The number of nitrogens with two attached hydrogens (primary N) is 1. The molecule has 3 nitrogen and oxygen atoms in total. The average molecular weight is 170 g/mol. The van der Waals surface area contributed by atoms with Gasteiger partial charge in [-0.05, 0) is 32.7 Å². The molecule has 0 bridgehead atoms. The van der Waals surface area contributed by atoms with Crippen LogP contribution in [0.4, 0.5) is 0 Å². The molecule has 0 aromatic rings. The first-order chi connectivity index (χ1) is 5.56. The number of hydrogen-bond acceptors (Lipinski definition) is 3. The van der Waals surface area contributed by atoms with Gasteiger partial charge in [0.25, 0.3) is 0 Å². The van der Waals surface area contributed by atoms with E-state index in [1.165, 1.54) is 6.42 Å². The number of hydrogen-bond donors (Lipinski definition) is 2. The van der Waals surface area contributed by atoms with Crippen molar-refractivity contribution in [1.29, 1.82) is 0 Å². The molecule has 1 saturated carbocycles. The molecule has 1 aliphatic carbocycles. The quantitative estimate of drug-likeness (QED) is 0.579. The van der Waals surface area contributed by atoms with Crippen LogP contribution < -0.4 is 5.73 Å². The van der Waals surface area contributed by atoms with Crippen LogP contribution in [0.5, 0.6) is 0 Å². The Bertz CT molecular complexity index is 191. The number of β-amino-alcohol motifs (C(OH)–C–C–N with tert-alkyl or cyclic N) is 1. The van der Waals surface area contributed by atoms with Crippen molar-refractivity contribution in [2.24, 2.45) is 5.73 Å². The van der Waals surface area contributed by atoms with Crippen LogP contribution in [-0.4, -0.2) is 41.3 Å². The molecule has 2 aliphatic rings. The maximum absolute atomic E-state index is 10.3. The third-order valence-corrected chi connectivity index (χ3v) is 3.61. The SMILES string of the molecule is CN1CCC(O)(C2(N)CCC2)C1. The Morgan fingerprint density at radius 1 is 1.33 bits per heavy atom. The van der Waals surface area contributed by atoms with E-state index < -0.39 is 5.60 Å². The lowest BCUT2D eigenvalue weighted by Gasteiger charge is -2.49. The summed E-state index contributed by atoms with van der Waals surface area (Å²) in [6.07, 6.45) is 4.03. The fraction of sp³-hybridized carbons (Fsp3) is 1.00. The fourth-order valence-electron chi connectivity index (χ4n) is 2.41. The monoisotopic (exact) mass is 170 g/mol. The summed E-state index contributed by atoms with van der Waals surface area (Å²) in [6.45, 7) is 1.74. The van der Waals surface area contributed by atoms with Crippen LogP contribution in [0.3, 0.4) is 0 Å². The second-order valence-corrected chi connectivity index (χ2v) is 4.53. The van der Waals surface area contributed by atoms with E-state index in [1.807, 2.05) is 7.05 Å². The molecule has 0 spiro atoms. The summed E-state index contributed by atoms with van der Waals surface area (Å²) in [5.74, 6) is 0. The molecule has 12 heavy (non-hydrogen) atoms. The van der Waals surface area contributed by atoms with Crippen LogP contribution in [-0.2, 0) is 0 Å². The number of aliphatic hydroxyl groups is 1. The lowest BCUT2D eigenvalue weighted by atomic mass is 9.65.